The van der Waals surface area contributed by atoms with E-state index < -0.39 is 15.4 Å². The van der Waals surface area contributed by atoms with E-state index in [9.17, 15) is 13.5 Å². The molecule has 2 unspecified atom stereocenters. The van der Waals surface area contributed by atoms with Gasteiger partial charge in [0.1, 0.15) is 5.75 Å². The summed E-state index contributed by atoms with van der Waals surface area (Å²) in [5.41, 5.74) is 5.69. The Morgan fingerprint density at radius 3 is 2.90 bits per heavy atom. The van der Waals surface area contributed by atoms with Crippen LogP contribution in [0.1, 0.15) is 25.7 Å². The molecule has 0 aliphatic heterocycles. The largest absolute Gasteiger partial charge is 0.494 e. The first kappa shape index (κ1) is 16.3. The van der Waals surface area contributed by atoms with Crippen LogP contribution in [0, 0.1) is 5.92 Å². The summed E-state index contributed by atoms with van der Waals surface area (Å²) in [6.45, 7) is 0.470. The lowest BCUT2D eigenvalue weighted by molar-refractivity contribution is 0.143. The molecule has 3 N–H and O–H groups in total. The van der Waals surface area contributed by atoms with Crippen molar-refractivity contribution in [3.05, 3.63) is 24.3 Å². The lowest BCUT2D eigenvalue weighted by Gasteiger charge is -2.29. The third kappa shape index (κ3) is 3.96. The molecular weight excluding hydrogens is 290 g/mol. The molecular formula is C15H23NO4S. The van der Waals surface area contributed by atoms with Crippen LogP contribution in [0.25, 0.3) is 0 Å². The molecule has 1 aromatic rings. The summed E-state index contributed by atoms with van der Waals surface area (Å²) in [6, 6.07) is 6.49. The summed E-state index contributed by atoms with van der Waals surface area (Å²) in [7, 11) is -3.22. The fourth-order valence-electron chi connectivity index (χ4n) is 2.92. The monoisotopic (exact) mass is 313 g/mol. The van der Waals surface area contributed by atoms with Gasteiger partial charge in [0.15, 0.2) is 9.84 Å². The highest BCUT2D eigenvalue weighted by molar-refractivity contribution is 7.90. The summed E-state index contributed by atoms with van der Waals surface area (Å²) in [5, 5.41) is 9.41. The molecule has 5 nitrogen and oxygen atoms in total. The molecule has 6 heteroatoms. The average molecular weight is 313 g/mol. The van der Waals surface area contributed by atoms with Crippen molar-refractivity contribution in [2.24, 2.45) is 11.7 Å². The number of sulfone groups is 1. The molecule has 1 aliphatic carbocycles. The predicted molar refractivity (Wildman–Crippen MR) is 81.0 cm³/mol. The molecule has 0 radical (unpaired) electrons. The van der Waals surface area contributed by atoms with Crippen molar-refractivity contribution in [2.45, 2.75) is 36.1 Å². The predicted octanol–water partition coefficient (Wildman–Crippen LogP) is 1.35. The van der Waals surface area contributed by atoms with Gasteiger partial charge in [0.2, 0.25) is 0 Å². The Morgan fingerprint density at radius 1 is 1.48 bits per heavy atom. The topological polar surface area (TPSA) is 89.6 Å². The fourth-order valence-corrected chi connectivity index (χ4v) is 3.58. The third-order valence-corrected chi connectivity index (χ3v) is 5.38. The van der Waals surface area contributed by atoms with Gasteiger partial charge in [-0.05, 0) is 43.4 Å². The maximum Gasteiger partial charge on any atom is 0.175 e. The zero-order chi connectivity index (χ0) is 15.5. The van der Waals surface area contributed by atoms with Gasteiger partial charge in [-0.25, -0.2) is 8.42 Å². The van der Waals surface area contributed by atoms with Crippen LogP contribution in [0.4, 0.5) is 0 Å². The molecule has 21 heavy (non-hydrogen) atoms. The van der Waals surface area contributed by atoms with Crippen LogP contribution in [-0.4, -0.2) is 38.5 Å². The number of nitrogens with two attached hydrogens (primary N) is 1. The van der Waals surface area contributed by atoms with E-state index in [0.717, 1.165) is 25.7 Å². The molecule has 1 fully saturated rings. The Hall–Kier alpha value is -1.11. The maximum atomic E-state index is 11.5. The van der Waals surface area contributed by atoms with E-state index in [-0.39, 0.29) is 17.4 Å². The number of aliphatic hydroxyl groups excluding tert-OH is 1. The Balaban J connectivity index is 1.92. The zero-order valence-electron chi connectivity index (χ0n) is 12.3. The van der Waals surface area contributed by atoms with Gasteiger partial charge in [0.25, 0.3) is 0 Å². The van der Waals surface area contributed by atoms with Crippen LogP contribution in [0.2, 0.25) is 0 Å². The molecule has 0 saturated heterocycles. The van der Waals surface area contributed by atoms with Gasteiger partial charge in [-0.15, -0.1) is 0 Å². The number of benzene rings is 1. The lowest BCUT2D eigenvalue weighted by Crippen LogP contribution is -2.47. The number of hydrogen-bond acceptors (Lipinski definition) is 5. The normalized spacial score (nSPS) is 26.0. The highest BCUT2D eigenvalue weighted by Gasteiger charge is 2.38. The van der Waals surface area contributed by atoms with Gasteiger partial charge in [-0.2, -0.15) is 0 Å². The SMILES string of the molecule is CS(=O)(=O)c1cccc(OCCC2CCCC2(N)CO)c1. The molecule has 0 amide bonds. The summed E-state index contributed by atoms with van der Waals surface area (Å²) < 4.78 is 28.6. The van der Waals surface area contributed by atoms with E-state index in [2.05, 4.69) is 0 Å². The van der Waals surface area contributed by atoms with Crippen molar-refractivity contribution < 1.29 is 18.3 Å². The van der Waals surface area contributed by atoms with E-state index in [0.29, 0.717) is 12.4 Å². The second-order valence-corrected chi connectivity index (χ2v) is 7.88. The molecule has 1 saturated carbocycles. The summed E-state index contributed by atoms with van der Waals surface area (Å²) in [6.07, 6.45) is 4.82. The first-order valence-electron chi connectivity index (χ1n) is 7.18. The second kappa shape index (κ2) is 6.34. The molecule has 2 atom stereocenters. The zero-order valence-corrected chi connectivity index (χ0v) is 13.1. The summed E-state index contributed by atoms with van der Waals surface area (Å²) in [4.78, 5) is 0.254. The third-order valence-electron chi connectivity index (χ3n) is 4.27. The minimum Gasteiger partial charge on any atom is -0.494 e. The van der Waals surface area contributed by atoms with Crippen LogP contribution >= 0.6 is 0 Å². The van der Waals surface area contributed by atoms with E-state index >= 15 is 0 Å². The van der Waals surface area contributed by atoms with Gasteiger partial charge in [-0.3, -0.25) is 0 Å². The minimum absolute atomic E-state index is 0.00122. The van der Waals surface area contributed by atoms with Gasteiger partial charge in [0, 0.05) is 11.8 Å². The first-order valence-corrected chi connectivity index (χ1v) is 9.07. The van der Waals surface area contributed by atoms with Crippen LogP contribution in [0.15, 0.2) is 29.2 Å². The highest BCUT2D eigenvalue weighted by Crippen LogP contribution is 2.35. The summed E-state index contributed by atoms with van der Waals surface area (Å²) in [5.74, 6) is 0.795. The smallest absolute Gasteiger partial charge is 0.175 e. The molecule has 0 aromatic heterocycles. The molecule has 0 bridgehead atoms. The Labute approximate surface area is 126 Å². The van der Waals surface area contributed by atoms with Gasteiger partial charge >= 0.3 is 0 Å². The highest BCUT2D eigenvalue weighted by atomic mass is 32.2. The number of rotatable bonds is 6. The molecule has 2 rings (SSSR count). The number of ether oxygens (including phenoxy) is 1. The number of hydrogen-bond donors (Lipinski definition) is 2. The van der Waals surface area contributed by atoms with Crippen molar-refractivity contribution in [3.63, 3.8) is 0 Å². The Kier molecular flexibility index (Phi) is 4.91. The van der Waals surface area contributed by atoms with Crippen molar-refractivity contribution in [1.29, 1.82) is 0 Å². The number of aliphatic hydroxyl groups is 1. The standard InChI is InChI=1S/C15H23NO4S/c1-21(18,19)14-6-2-5-13(10-14)20-9-7-12-4-3-8-15(12,16)11-17/h2,5-6,10,12,17H,3-4,7-9,11,16H2,1H3. The fraction of sp³-hybridized carbons (Fsp3) is 0.600. The maximum absolute atomic E-state index is 11.5. The second-order valence-electron chi connectivity index (χ2n) is 5.86. The van der Waals surface area contributed by atoms with Crippen LogP contribution in [0.5, 0.6) is 5.75 Å². The molecule has 118 valence electrons. The van der Waals surface area contributed by atoms with E-state index in [1.807, 2.05) is 0 Å². The lowest BCUT2D eigenvalue weighted by atomic mass is 9.87. The molecule has 0 heterocycles. The molecule has 1 aromatic carbocycles. The van der Waals surface area contributed by atoms with E-state index in [4.69, 9.17) is 10.5 Å². The summed E-state index contributed by atoms with van der Waals surface area (Å²) >= 11 is 0. The Morgan fingerprint density at radius 2 is 2.24 bits per heavy atom. The van der Waals surface area contributed by atoms with E-state index in [1.54, 1.807) is 18.2 Å². The Bertz CT molecular complexity index is 587. The first-order chi connectivity index (χ1) is 9.85. The van der Waals surface area contributed by atoms with Crippen molar-refractivity contribution in [3.8, 4) is 5.75 Å². The van der Waals surface area contributed by atoms with Crippen molar-refractivity contribution in [1.82, 2.24) is 0 Å². The van der Waals surface area contributed by atoms with Crippen molar-refractivity contribution in [2.75, 3.05) is 19.5 Å². The minimum atomic E-state index is -3.22. The van der Waals surface area contributed by atoms with Crippen LogP contribution in [-0.2, 0) is 9.84 Å². The average Bonchev–Trinajstić information content (AvgIpc) is 2.81. The quantitative estimate of drug-likeness (QED) is 0.827. The van der Waals surface area contributed by atoms with Gasteiger partial charge in [-0.1, -0.05) is 12.5 Å². The van der Waals surface area contributed by atoms with Crippen LogP contribution < -0.4 is 10.5 Å². The van der Waals surface area contributed by atoms with Crippen LogP contribution in [0.3, 0.4) is 0 Å². The van der Waals surface area contributed by atoms with Crippen molar-refractivity contribution >= 4 is 9.84 Å². The van der Waals surface area contributed by atoms with E-state index in [1.165, 1.54) is 12.3 Å². The molecule has 1 aliphatic rings. The molecule has 0 spiro atoms. The van der Waals surface area contributed by atoms with Gasteiger partial charge in [0.05, 0.1) is 18.1 Å². The van der Waals surface area contributed by atoms with Gasteiger partial charge < -0.3 is 15.6 Å².